The molecule has 0 saturated heterocycles. The molecule has 1 aliphatic rings. The van der Waals surface area contributed by atoms with Gasteiger partial charge in [0.15, 0.2) is 0 Å². The molecule has 4 heteroatoms. The summed E-state index contributed by atoms with van der Waals surface area (Å²) in [4.78, 5) is 14.3. The number of aliphatic hydroxyl groups is 1. The van der Waals surface area contributed by atoms with Crippen LogP contribution in [0.5, 0.6) is 0 Å². The van der Waals surface area contributed by atoms with E-state index in [2.05, 4.69) is 4.57 Å². The number of hydrogen-bond donors (Lipinski definition) is 1. The minimum Gasteiger partial charge on any atom is -0.388 e. The summed E-state index contributed by atoms with van der Waals surface area (Å²) in [6.07, 6.45) is 5.57. The Morgan fingerprint density at radius 1 is 1.18 bits per heavy atom. The lowest BCUT2D eigenvalue weighted by molar-refractivity contribution is -0.132. The summed E-state index contributed by atoms with van der Waals surface area (Å²) in [6, 6.07) is 11.9. The molecule has 0 aliphatic carbocycles. The molecular weight excluding hydrogens is 276 g/mol. The zero-order chi connectivity index (χ0) is 15.4. The van der Waals surface area contributed by atoms with Crippen molar-refractivity contribution in [3.8, 4) is 0 Å². The average molecular weight is 298 g/mol. The Kier molecular flexibility index (Phi) is 4.59. The first-order valence-electron chi connectivity index (χ1n) is 7.88. The molecule has 22 heavy (non-hydrogen) atoms. The molecule has 0 bridgehead atoms. The van der Waals surface area contributed by atoms with Gasteiger partial charge >= 0.3 is 0 Å². The van der Waals surface area contributed by atoms with Crippen LogP contribution in [-0.4, -0.2) is 27.0 Å². The van der Waals surface area contributed by atoms with E-state index in [1.54, 1.807) is 0 Å². The Hall–Kier alpha value is -2.07. The molecule has 1 aromatic heterocycles. The number of fused-ring (bicyclic) bond motifs is 1. The maximum absolute atomic E-state index is 12.4. The third-order valence-electron chi connectivity index (χ3n) is 4.27. The van der Waals surface area contributed by atoms with Gasteiger partial charge in [-0.05, 0) is 36.1 Å². The zero-order valence-corrected chi connectivity index (χ0v) is 12.7. The fourth-order valence-corrected chi connectivity index (χ4v) is 3.02. The number of carbonyl (C=O) groups excluding carboxylic acids is 1. The van der Waals surface area contributed by atoms with E-state index in [9.17, 15) is 9.90 Å². The molecule has 2 aromatic rings. The standard InChI is InChI=1S/C18H22N2O2/c21-17-9-13-20(14-15-6-1-2-7-16(15)17)18(22)8-5-12-19-10-3-4-11-19/h1-4,6-7,10-11,17,21H,5,8-9,12-14H2. The first-order chi connectivity index (χ1) is 10.7. The van der Waals surface area contributed by atoms with E-state index >= 15 is 0 Å². The van der Waals surface area contributed by atoms with E-state index in [1.807, 2.05) is 53.7 Å². The second kappa shape index (κ2) is 6.79. The third-order valence-corrected chi connectivity index (χ3v) is 4.27. The topological polar surface area (TPSA) is 45.5 Å². The van der Waals surface area contributed by atoms with E-state index < -0.39 is 6.10 Å². The first-order valence-corrected chi connectivity index (χ1v) is 7.88. The predicted octanol–water partition coefficient (Wildman–Crippen LogP) is 2.73. The molecule has 1 atom stereocenters. The molecule has 0 radical (unpaired) electrons. The summed E-state index contributed by atoms with van der Waals surface area (Å²) in [5, 5.41) is 10.2. The highest BCUT2D eigenvalue weighted by Crippen LogP contribution is 2.26. The van der Waals surface area contributed by atoms with E-state index in [0.717, 1.165) is 24.1 Å². The van der Waals surface area contributed by atoms with Gasteiger partial charge in [-0.2, -0.15) is 0 Å². The molecule has 1 aromatic carbocycles. The molecule has 1 amide bonds. The minimum absolute atomic E-state index is 0.177. The summed E-state index contributed by atoms with van der Waals surface area (Å²) in [6.45, 7) is 2.10. The van der Waals surface area contributed by atoms with Crippen LogP contribution in [-0.2, 0) is 17.9 Å². The monoisotopic (exact) mass is 298 g/mol. The van der Waals surface area contributed by atoms with Crippen LogP contribution in [0.3, 0.4) is 0 Å². The number of hydrogen-bond acceptors (Lipinski definition) is 2. The van der Waals surface area contributed by atoms with E-state index in [4.69, 9.17) is 0 Å². The zero-order valence-electron chi connectivity index (χ0n) is 12.7. The smallest absolute Gasteiger partial charge is 0.222 e. The molecule has 2 heterocycles. The number of aliphatic hydroxyl groups excluding tert-OH is 1. The van der Waals surface area contributed by atoms with Crippen molar-refractivity contribution in [1.29, 1.82) is 0 Å². The highest BCUT2D eigenvalue weighted by Gasteiger charge is 2.22. The first kappa shape index (κ1) is 14.9. The number of aryl methyl sites for hydroxylation is 1. The van der Waals surface area contributed by atoms with Crippen LogP contribution in [0, 0.1) is 0 Å². The van der Waals surface area contributed by atoms with Crippen molar-refractivity contribution in [3.63, 3.8) is 0 Å². The van der Waals surface area contributed by atoms with Gasteiger partial charge in [0.2, 0.25) is 5.91 Å². The molecule has 1 aliphatic heterocycles. The SMILES string of the molecule is O=C(CCCn1cccc1)N1CCC(O)c2ccccc2C1. The maximum Gasteiger partial charge on any atom is 0.222 e. The Balaban J connectivity index is 1.59. The van der Waals surface area contributed by atoms with Gasteiger partial charge in [0.25, 0.3) is 0 Å². The molecule has 1 N–H and O–H groups in total. The Bertz CT molecular complexity index is 622. The molecular formula is C18H22N2O2. The number of carbonyl (C=O) groups is 1. The number of aromatic nitrogens is 1. The normalized spacial score (nSPS) is 17.9. The molecule has 4 nitrogen and oxygen atoms in total. The van der Waals surface area contributed by atoms with Gasteiger partial charge in [-0.3, -0.25) is 4.79 Å². The second-order valence-electron chi connectivity index (χ2n) is 5.84. The van der Waals surface area contributed by atoms with Crippen molar-refractivity contribution < 1.29 is 9.90 Å². The van der Waals surface area contributed by atoms with Crippen molar-refractivity contribution in [3.05, 3.63) is 59.9 Å². The molecule has 0 fully saturated rings. The number of rotatable bonds is 4. The van der Waals surface area contributed by atoms with Gasteiger partial charge in [-0.15, -0.1) is 0 Å². The van der Waals surface area contributed by atoms with Crippen LogP contribution in [0.25, 0.3) is 0 Å². The van der Waals surface area contributed by atoms with Crippen molar-refractivity contribution in [1.82, 2.24) is 9.47 Å². The quantitative estimate of drug-likeness (QED) is 0.943. The largest absolute Gasteiger partial charge is 0.388 e. The van der Waals surface area contributed by atoms with Gasteiger partial charge in [-0.1, -0.05) is 24.3 Å². The van der Waals surface area contributed by atoms with Crippen molar-refractivity contribution >= 4 is 5.91 Å². The highest BCUT2D eigenvalue weighted by molar-refractivity contribution is 5.76. The number of amides is 1. The van der Waals surface area contributed by atoms with Gasteiger partial charge < -0.3 is 14.6 Å². The molecule has 0 saturated carbocycles. The fourth-order valence-electron chi connectivity index (χ4n) is 3.02. The maximum atomic E-state index is 12.4. The average Bonchev–Trinajstić information content (AvgIpc) is 2.98. The summed E-state index contributed by atoms with van der Waals surface area (Å²) >= 11 is 0. The van der Waals surface area contributed by atoms with Crippen LogP contribution < -0.4 is 0 Å². The van der Waals surface area contributed by atoms with Crippen LogP contribution in [0.4, 0.5) is 0 Å². The summed E-state index contributed by atoms with van der Waals surface area (Å²) in [5.41, 5.74) is 2.02. The van der Waals surface area contributed by atoms with Crippen molar-refractivity contribution in [2.24, 2.45) is 0 Å². The van der Waals surface area contributed by atoms with Crippen LogP contribution in [0.2, 0.25) is 0 Å². The van der Waals surface area contributed by atoms with Gasteiger partial charge in [-0.25, -0.2) is 0 Å². The third kappa shape index (κ3) is 3.39. The Morgan fingerprint density at radius 3 is 2.77 bits per heavy atom. The summed E-state index contributed by atoms with van der Waals surface area (Å²) < 4.78 is 2.09. The molecule has 116 valence electrons. The Morgan fingerprint density at radius 2 is 1.95 bits per heavy atom. The van der Waals surface area contributed by atoms with Gasteiger partial charge in [0.1, 0.15) is 0 Å². The minimum atomic E-state index is -0.464. The highest BCUT2D eigenvalue weighted by atomic mass is 16.3. The molecule has 3 rings (SSSR count). The van der Waals surface area contributed by atoms with Crippen LogP contribution in [0.15, 0.2) is 48.8 Å². The summed E-state index contributed by atoms with van der Waals surface area (Å²) in [5.74, 6) is 0.177. The Labute approximate surface area is 131 Å². The number of benzene rings is 1. The summed E-state index contributed by atoms with van der Waals surface area (Å²) in [7, 11) is 0. The van der Waals surface area contributed by atoms with Crippen molar-refractivity contribution in [2.45, 2.75) is 38.5 Å². The lowest BCUT2D eigenvalue weighted by atomic mass is 10.0. The number of nitrogens with zero attached hydrogens (tertiary/aromatic N) is 2. The molecule has 0 spiro atoms. The predicted molar refractivity (Wildman–Crippen MR) is 85.1 cm³/mol. The van der Waals surface area contributed by atoms with Gasteiger partial charge in [0, 0.05) is 38.4 Å². The van der Waals surface area contributed by atoms with Crippen molar-refractivity contribution in [2.75, 3.05) is 6.54 Å². The van der Waals surface area contributed by atoms with E-state index in [-0.39, 0.29) is 5.91 Å². The van der Waals surface area contributed by atoms with E-state index in [0.29, 0.717) is 25.9 Å². The van der Waals surface area contributed by atoms with Crippen LogP contribution in [0.1, 0.15) is 36.5 Å². The van der Waals surface area contributed by atoms with Crippen LogP contribution >= 0.6 is 0 Å². The second-order valence-corrected chi connectivity index (χ2v) is 5.84. The molecule has 1 unspecified atom stereocenters. The lowest BCUT2D eigenvalue weighted by Gasteiger charge is -2.21. The lowest BCUT2D eigenvalue weighted by Crippen LogP contribution is -2.30. The fraction of sp³-hybridized carbons (Fsp3) is 0.389. The van der Waals surface area contributed by atoms with Gasteiger partial charge in [0.05, 0.1) is 6.10 Å². The van der Waals surface area contributed by atoms with E-state index in [1.165, 1.54) is 0 Å².